The van der Waals surface area contributed by atoms with Crippen molar-refractivity contribution in [2.45, 2.75) is 68.5 Å². The number of thioether (sulfide) groups is 1. The second kappa shape index (κ2) is 7.11. The van der Waals surface area contributed by atoms with Crippen LogP contribution in [0, 0.1) is 0 Å². The summed E-state index contributed by atoms with van der Waals surface area (Å²) < 4.78 is 37.2. The maximum absolute atomic E-state index is 12.4. The normalized spacial score (nSPS) is 26.5. The van der Waals surface area contributed by atoms with Gasteiger partial charge < -0.3 is 10.2 Å². The van der Waals surface area contributed by atoms with Gasteiger partial charge in [0.1, 0.15) is 0 Å². The Morgan fingerprint density at radius 1 is 1.29 bits per heavy atom. The number of nitrogens with zero attached hydrogens (tertiary/aromatic N) is 1. The Morgan fingerprint density at radius 2 is 2.00 bits per heavy atom. The molecule has 0 saturated heterocycles. The summed E-state index contributed by atoms with van der Waals surface area (Å²) in [4.78, 5) is 13.7. The van der Waals surface area contributed by atoms with Gasteiger partial charge in [0.25, 0.3) is 0 Å². The van der Waals surface area contributed by atoms with Crippen LogP contribution in [0.1, 0.15) is 44.9 Å². The van der Waals surface area contributed by atoms with Crippen LogP contribution in [0.3, 0.4) is 0 Å². The van der Waals surface area contributed by atoms with E-state index in [1.165, 1.54) is 4.90 Å². The second-order valence-electron chi connectivity index (χ2n) is 5.96. The SMILES string of the molecule is CS[C@@H]1CC[C@H](NC(=O)N(CCC(F)(F)F)C2CCC2)C1. The number of alkyl halides is 3. The van der Waals surface area contributed by atoms with Crippen LogP contribution < -0.4 is 5.32 Å². The fourth-order valence-corrected chi connectivity index (χ4v) is 3.73. The van der Waals surface area contributed by atoms with Crippen LogP contribution >= 0.6 is 11.8 Å². The molecule has 1 N–H and O–H groups in total. The molecule has 2 rings (SSSR count). The molecule has 0 aliphatic heterocycles. The lowest BCUT2D eigenvalue weighted by Gasteiger charge is -2.38. The summed E-state index contributed by atoms with van der Waals surface area (Å²) in [6, 6.07) is -0.204. The summed E-state index contributed by atoms with van der Waals surface area (Å²) in [6.07, 6.45) is 2.48. The van der Waals surface area contributed by atoms with Crippen molar-refractivity contribution in [3.63, 3.8) is 0 Å². The highest BCUT2D eigenvalue weighted by Gasteiger charge is 2.35. The summed E-state index contributed by atoms with van der Waals surface area (Å²) in [5, 5.41) is 3.49. The van der Waals surface area contributed by atoms with Crippen molar-refractivity contribution in [1.82, 2.24) is 10.2 Å². The number of hydrogen-bond donors (Lipinski definition) is 1. The molecule has 122 valence electrons. The van der Waals surface area contributed by atoms with E-state index in [4.69, 9.17) is 0 Å². The van der Waals surface area contributed by atoms with Crippen molar-refractivity contribution in [1.29, 1.82) is 0 Å². The molecule has 0 aromatic carbocycles. The molecule has 0 radical (unpaired) electrons. The molecule has 0 aromatic heterocycles. The standard InChI is InChI=1S/C14H23F3N2OS/c1-21-12-6-5-10(9-12)18-13(20)19(11-3-2-4-11)8-7-14(15,16)17/h10-12H,2-9H2,1H3,(H,18,20)/t10-,12+/m0/s1. The molecule has 0 spiro atoms. The molecular formula is C14H23F3N2OS. The lowest BCUT2D eigenvalue weighted by Crippen LogP contribution is -2.52. The first kappa shape index (κ1) is 16.8. The third-order valence-corrected chi connectivity index (χ3v) is 5.55. The fraction of sp³-hybridized carbons (Fsp3) is 0.929. The van der Waals surface area contributed by atoms with E-state index in [9.17, 15) is 18.0 Å². The number of urea groups is 1. The monoisotopic (exact) mass is 324 g/mol. The molecule has 21 heavy (non-hydrogen) atoms. The summed E-state index contributed by atoms with van der Waals surface area (Å²) in [6.45, 7) is -0.224. The molecule has 2 atom stereocenters. The first-order chi connectivity index (χ1) is 9.89. The molecule has 2 amide bonds. The van der Waals surface area contributed by atoms with Gasteiger partial charge in [-0.05, 0) is 44.8 Å². The Bertz CT molecular complexity index is 361. The molecular weight excluding hydrogens is 301 g/mol. The van der Waals surface area contributed by atoms with E-state index in [0.717, 1.165) is 38.5 Å². The number of carbonyl (C=O) groups is 1. The van der Waals surface area contributed by atoms with Gasteiger partial charge in [-0.3, -0.25) is 0 Å². The Balaban J connectivity index is 1.85. The maximum Gasteiger partial charge on any atom is 0.390 e. The Morgan fingerprint density at radius 3 is 2.48 bits per heavy atom. The van der Waals surface area contributed by atoms with Crippen LogP contribution in [0.15, 0.2) is 0 Å². The van der Waals surface area contributed by atoms with E-state index in [1.54, 1.807) is 11.8 Å². The molecule has 2 aliphatic carbocycles. The van der Waals surface area contributed by atoms with Crippen molar-refractivity contribution in [2.75, 3.05) is 12.8 Å². The number of halogens is 3. The molecule has 0 unspecified atom stereocenters. The van der Waals surface area contributed by atoms with E-state index in [2.05, 4.69) is 11.6 Å². The highest BCUT2D eigenvalue weighted by atomic mass is 32.2. The highest BCUT2D eigenvalue weighted by molar-refractivity contribution is 7.99. The minimum atomic E-state index is -4.21. The average Bonchev–Trinajstić information content (AvgIpc) is 2.78. The molecule has 7 heteroatoms. The van der Waals surface area contributed by atoms with Gasteiger partial charge in [0.2, 0.25) is 0 Å². The Labute approximate surface area is 128 Å². The van der Waals surface area contributed by atoms with Crippen molar-refractivity contribution < 1.29 is 18.0 Å². The zero-order valence-corrected chi connectivity index (χ0v) is 13.1. The maximum atomic E-state index is 12.4. The average molecular weight is 324 g/mol. The van der Waals surface area contributed by atoms with Gasteiger partial charge in [0.05, 0.1) is 6.42 Å². The van der Waals surface area contributed by atoms with Gasteiger partial charge in [-0.2, -0.15) is 24.9 Å². The van der Waals surface area contributed by atoms with Crippen molar-refractivity contribution in [2.24, 2.45) is 0 Å². The third-order valence-electron chi connectivity index (χ3n) is 4.46. The predicted molar refractivity (Wildman–Crippen MR) is 78.5 cm³/mol. The smallest absolute Gasteiger partial charge is 0.335 e. The molecule has 0 bridgehead atoms. The van der Waals surface area contributed by atoms with E-state index >= 15 is 0 Å². The number of carbonyl (C=O) groups excluding carboxylic acids is 1. The number of amides is 2. The minimum Gasteiger partial charge on any atom is -0.335 e. The van der Waals surface area contributed by atoms with Gasteiger partial charge in [-0.1, -0.05) is 0 Å². The van der Waals surface area contributed by atoms with Crippen LogP contribution in [-0.4, -0.2) is 47.2 Å². The van der Waals surface area contributed by atoms with Gasteiger partial charge in [-0.15, -0.1) is 0 Å². The minimum absolute atomic E-state index is 0.00917. The first-order valence-corrected chi connectivity index (χ1v) is 8.84. The highest BCUT2D eigenvalue weighted by Crippen LogP contribution is 2.30. The van der Waals surface area contributed by atoms with Gasteiger partial charge in [0.15, 0.2) is 0 Å². The molecule has 2 aliphatic rings. The van der Waals surface area contributed by atoms with E-state index < -0.39 is 12.6 Å². The summed E-state index contributed by atoms with van der Waals surface area (Å²) in [7, 11) is 0. The lowest BCUT2D eigenvalue weighted by molar-refractivity contribution is -0.137. The molecule has 2 saturated carbocycles. The topological polar surface area (TPSA) is 32.3 Å². The quantitative estimate of drug-likeness (QED) is 0.834. The Hall–Kier alpha value is -0.590. The molecule has 0 heterocycles. The lowest BCUT2D eigenvalue weighted by atomic mass is 9.91. The van der Waals surface area contributed by atoms with E-state index in [1.807, 2.05) is 0 Å². The van der Waals surface area contributed by atoms with E-state index in [-0.39, 0.29) is 24.7 Å². The fourth-order valence-electron chi connectivity index (χ4n) is 2.94. The van der Waals surface area contributed by atoms with Gasteiger partial charge in [0, 0.05) is 23.9 Å². The molecule has 3 nitrogen and oxygen atoms in total. The van der Waals surface area contributed by atoms with Crippen LogP contribution in [0.25, 0.3) is 0 Å². The zero-order valence-electron chi connectivity index (χ0n) is 12.3. The Kier molecular flexibility index (Phi) is 5.68. The first-order valence-electron chi connectivity index (χ1n) is 7.55. The second-order valence-corrected chi connectivity index (χ2v) is 7.10. The summed E-state index contributed by atoms with van der Waals surface area (Å²) in [5.74, 6) is 0. The molecule has 2 fully saturated rings. The van der Waals surface area contributed by atoms with Crippen molar-refractivity contribution in [3.8, 4) is 0 Å². The zero-order chi connectivity index (χ0) is 15.5. The molecule has 0 aromatic rings. The van der Waals surface area contributed by atoms with Crippen molar-refractivity contribution in [3.05, 3.63) is 0 Å². The number of rotatable bonds is 5. The van der Waals surface area contributed by atoms with Gasteiger partial charge in [-0.25, -0.2) is 4.79 Å². The van der Waals surface area contributed by atoms with Gasteiger partial charge >= 0.3 is 12.2 Å². The van der Waals surface area contributed by atoms with Crippen LogP contribution in [-0.2, 0) is 0 Å². The van der Waals surface area contributed by atoms with Crippen LogP contribution in [0.2, 0.25) is 0 Å². The summed E-state index contributed by atoms with van der Waals surface area (Å²) in [5.41, 5.74) is 0. The number of nitrogens with one attached hydrogen (secondary N) is 1. The van der Waals surface area contributed by atoms with E-state index in [0.29, 0.717) is 5.25 Å². The largest absolute Gasteiger partial charge is 0.390 e. The van der Waals surface area contributed by atoms with Crippen molar-refractivity contribution >= 4 is 17.8 Å². The predicted octanol–water partition coefficient (Wildman–Crippen LogP) is 3.79. The van der Waals surface area contributed by atoms with Crippen LogP contribution in [0.4, 0.5) is 18.0 Å². The third kappa shape index (κ3) is 4.97. The number of hydrogen-bond acceptors (Lipinski definition) is 2. The summed E-state index contributed by atoms with van der Waals surface area (Å²) >= 11 is 1.79. The van der Waals surface area contributed by atoms with Crippen LogP contribution in [0.5, 0.6) is 0 Å².